The van der Waals surface area contributed by atoms with E-state index in [9.17, 15) is 0 Å². The molecule has 0 amide bonds. The van der Waals surface area contributed by atoms with Gasteiger partial charge in [0, 0.05) is 0 Å². The van der Waals surface area contributed by atoms with Crippen LogP contribution in [-0.4, -0.2) is 0 Å². The van der Waals surface area contributed by atoms with Gasteiger partial charge < -0.3 is 0 Å². The lowest BCUT2D eigenvalue weighted by molar-refractivity contribution is 1.27. The van der Waals surface area contributed by atoms with E-state index < -0.39 is 0 Å². The Hall–Kier alpha value is -2.60. The van der Waals surface area contributed by atoms with E-state index in [1.807, 2.05) is 0 Å². The van der Waals surface area contributed by atoms with Gasteiger partial charge >= 0.3 is 0 Å². The Labute approximate surface area is 123 Å². The molecule has 1 aliphatic rings. The van der Waals surface area contributed by atoms with Gasteiger partial charge in [0.05, 0.1) is 0 Å². The third-order valence-electron chi connectivity index (χ3n) is 4.64. The maximum atomic E-state index is 2.35. The zero-order valence-corrected chi connectivity index (χ0v) is 11.6. The second-order valence-corrected chi connectivity index (χ2v) is 5.85. The van der Waals surface area contributed by atoms with Gasteiger partial charge in [0.15, 0.2) is 0 Å². The van der Waals surface area contributed by atoms with Gasteiger partial charge in [-0.1, -0.05) is 60.7 Å². The van der Waals surface area contributed by atoms with Crippen LogP contribution >= 0.6 is 0 Å². The van der Waals surface area contributed by atoms with Gasteiger partial charge in [-0.15, -0.1) is 0 Å². The van der Waals surface area contributed by atoms with Crippen molar-refractivity contribution in [3.8, 4) is 11.1 Å². The molecule has 0 aliphatic heterocycles. The molecule has 0 radical (unpaired) electrons. The van der Waals surface area contributed by atoms with Crippen LogP contribution in [0.2, 0.25) is 0 Å². The van der Waals surface area contributed by atoms with Crippen LogP contribution in [0.25, 0.3) is 32.7 Å². The first-order valence-corrected chi connectivity index (χ1v) is 7.43. The summed E-state index contributed by atoms with van der Waals surface area (Å²) >= 11 is 0. The lowest BCUT2D eigenvalue weighted by Crippen LogP contribution is -1.83. The first-order chi connectivity index (χ1) is 10.4. The van der Waals surface area contributed by atoms with E-state index in [-0.39, 0.29) is 0 Å². The minimum Gasteiger partial charge on any atom is -0.0619 e. The maximum Gasteiger partial charge on any atom is -0.00132 e. The minimum absolute atomic E-state index is 1.06. The summed E-state index contributed by atoms with van der Waals surface area (Å²) < 4.78 is 0. The van der Waals surface area contributed by atoms with Crippen LogP contribution in [0, 0.1) is 0 Å². The van der Waals surface area contributed by atoms with E-state index in [4.69, 9.17) is 0 Å². The van der Waals surface area contributed by atoms with Crippen molar-refractivity contribution in [2.45, 2.75) is 6.42 Å². The predicted molar refractivity (Wildman–Crippen MR) is 89.7 cm³/mol. The molecule has 0 N–H and O–H groups in total. The van der Waals surface area contributed by atoms with Crippen LogP contribution in [0.15, 0.2) is 72.8 Å². The van der Waals surface area contributed by atoms with Gasteiger partial charge in [-0.25, -0.2) is 0 Å². The number of benzene rings is 4. The molecule has 0 saturated heterocycles. The summed E-state index contributed by atoms with van der Waals surface area (Å²) in [6.07, 6.45) is 1.06. The molecule has 98 valence electrons. The number of hydrogen-bond donors (Lipinski definition) is 0. The molecule has 0 spiro atoms. The second-order valence-electron chi connectivity index (χ2n) is 5.85. The molecule has 5 rings (SSSR count). The molecule has 1 aliphatic carbocycles. The Morgan fingerprint density at radius 3 is 2.24 bits per heavy atom. The van der Waals surface area contributed by atoms with E-state index in [0.717, 1.165) is 6.42 Å². The summed E-state index contributed by atoms with van der Waals surface area (Å²) in [4.78, 5) is 0. The van der Waals surface area contributed by atoms with E-state index in [1.165, 1.54) is 43.8 Å². The molecule has 0 nitrogen and oxygen atoms in total. The molecule has 21 heavy (non-hydrogen) atoms. The molecule has 0 aromatic heterocycles. The highest BCUT2D eigenvalue weighted by molar-refractivity contribution is 6.07. The number of rotatable bonds is 0. The zero-order chi connectivity index (χ0) is 13.8. The lowest BCUT2D eigenvalue weighted by atomic mass is 9.95. The van der Waals surface area contributed by atoms with Crippen LogP contribution < -0.4 is 0 Å². The third kappa shape index (κ3) is 1.50. The molecule has 0 atom stereocenters. The molecule has 0 heterocycles. The summed E-state index contributed by atoms with van der Waals surface area (Å²) in [6, 6.07) is 26.7. The van der Waals surface area contributed by atoms with Crippen LogP contribution in [0.4, 0.5) is 0 Å². The van der Waals surface area contributed by atoms with E-state index in [0.29, 0.717) is 0 Å². The number of hydrogen-bond acceptors (Lipinski definition) is 0. The number of fused-ring (bicyclic) bond motifs is 6. The van der Waals surface area contributed by atoms with Crippen molar-refractivity contribution >= 4 is 21.5 Å². The summed E-state index contributed by atoms with van der Waals surface area (Å²) in [7, 11) is 0. The largest absolute Gasteiger partial charge is 0.0619 e. The fourth-order valence-electron chi connectivity index (χ4n) is 3.65. The summed E-state index contributed by atoms with van der Waals surface area (Å²) in [5.74, 6) is 0. The van der Waals surface area contributed by atoms with Gasteiger partial charge in [0.1, 0.15) is 0 Å². The highest BCUT2D eigenvalue weighted by Gasteiger charge is 2.20. The quantitative estimate of drug-likeness (QED) is 0.322. The Morgan fingerprint density at radius 2 is 1.33 bits per heavy atom. The van der Waals surface area contributed by atoms with Gasteiger partial charge in [0.25, 0.3) is 0 Å². The van der Waals surface area contributed by atoms with Crippen LogP contribution in [0.5, 0.6) is 0 Å². The first kappa shape index (κ1) is 11.1. The molecule has 0 heteroatoms. The summed E-state index contributed by atoms with van der Waals surface area (Å²) in [5, 5.41) is 5.36. The van der Waals surface area contributed by atoms with E-state index >= 15 is 0 Å². The molecular formula is C21H14. The molecule has 0 unspecified atom stereocenters. The van der Waals surface area contributed by atoms with E-state index in [1.54, 1.807) is 0 Å². The monoisotopic (exact) mass is 266 g/mol. The Morgan fingerprint density at radius 1 is 0.571 bits per heavy atom. The van der Waals surface area contributed by atoms with Crippen molar-refractivity contribution in [3.05, 3.63) is 83.9 Å². The van der Waals surface area contributed by atoms with Crippen molar-refractivity contribution in [1.82, 2.24) is 0 Å². The molecule has 4 aromatic carbocycles. The van der Waals surface area contributed by atoms with E-state index in [2.05, 4.69) is 72.8 Å². The van der Waals surface area contributed by atoms with Crippen molar-refractivity contribution in [1.29, 1.82) is 0 Å². The average Bonchev–Trinajstić information content (AvgIpc) is 2.92. The Kier molecular flexibility index (Phi) is 2.09. The minimum atomic E-state index is 1.06. The Bertz CT molecular complexity index is 1010. The molecule has 0 saturated carbocycles. The van der Waals surface area contributed by atoms with Crippen molar-refractivity contribution in [2.75, 3.05) is 0 Å². The van der Waals surface area contributed by atoms with Crippen LogP contribution in [-0.2, 0) is 6.42 Å². The standard InChI is InChI=1S/C21H14/c1-2-6-15-13-20-17(11-14(15)5-1)9-10-18-12-16-7-3-4-8-19(16)21(18)20/h1-11,13H,12H2. The molecule has 4 aromatic rings. The zero-order valence-electron chi connectivity index (χ0n) is 11.6. The highest BCUT2D eigenvalue weighted by atomic mass is 14.2. The first-order valence-electron chi connectivity index (χ1n) is 7.43. The van der Waals surface area contributed by atoms with Crippen molar-refractivity contribution in [3.63, 3.8) is 0 Å². The van der Waals surface area contributed by atoms with Gasteiger partial charge in [0.2, 0.25) is 0 Å². The molecule has 0 fully saturated rings. The highest BCUT2D eigenvalue weighted by Crippen LogP contribution is 2.42. The smallest absolute Gasteiger partial charge is 0.00132 e. The maximum absolute atomic E-state index is 2.35. The fraction of sp³-hybridized carbons (Fsp3) is 0.0476. The predicted octanol–water partition coefficient (Wildman–Crippen LogP) is 5.56. The fourth-order valence-corrected chi connectivity index (χ4v) is 3.65. The average molecular weight is 266 g/mol. The van der Waals surface area contributed by atoms with Gasteiger partial charge in [-0.3, -0.25) is 0 Å². The second kappa shape index (κ2) is 3.95. The van der Waals surface area contributed by atoms with Gasteiger partial charge in [-0.2, -0.15) is 0 Å². The van der Waals surface area contributed by atoms with Crippen LogP contribution in [0.1, 0.15) is 11.1 Å². The SMILES string of the molecule is c1ccc2c(c1)Cc1ccc3cc4ccccc4cc3c1-2. The van der Waals surface area contributed by atoms with Crippen molar-refractivity contribution in [2.24, 2.45) is 0 Å². The normalized spacial score (nSPS) is 12.6. The van der Waals surface area contributed by atoms with Crippen molar-refractivity contribution < 1.29 is 0 Å². The molecular weight excluding hydrogens is 252 g/mol. The summed E-state index contributed by atoms with van der Waals surface area (Å²) in [6.45, 7) is 0. The molecule has 0 bridgehead atoms. The van der Waals surface area contributed by atoms with Crippen LogP contribution in [0.3, 0.4) is 0 Å². The lowest BCUT2D eigenvalue weighted by Gasteiger charge is -2.09. The summed E-state index contributed by atoms with van der Waals surface area (Å²) in [5.41, 5.74) is 5.76. The topological polar surface area (TPSA) is 0 Å². The third-order valence-corrected chi connectivity index (χ3v) is 4.64. The van der Waals surface area contributed by atoms with Gasteiger partial charge in [-0.05, 0) is 62.4 Å². The Balaban J connectivity index is 1.95.